The number of hydrogen-bond acceptors (Lipinski definition) is 6. The summed E-state index contributed by atoms with van der Waals surface area (Å²) in [5.74, 6) is -1.25. The van der Waals surface area contributed by atoms with Crippen molar-refractivity contribution in [3.05, 3.63) is 65.7 Å². The predicted molar refractivity (Wildman–Crippen MR) is 123 cm³/mol. The van der Waals surface area contributed by atoms with Gasteiger partial charge in [-0.1, -0.05) is 18.2 Å². The Labute approximate surface area is 186 Å². The quantitative estimate of drug-likeness (QED) is 0.330. The molecule has 0 saturated heterocycles. The third-order valence-corrected chi connectivity index (χ3v) is 5.60. The molecule has 0 aliphatic rings. The largest absolute Gasteiger partial charge is 0.463 e. The summed E-state index contributed by atoms with van der Waals surface area (Å²) >= 11 is 5.04. The minimum absolute atomic E-state index is 0.0113. The minimum Gasteiger partial charge on any atom is -0.463 e. The van der Waals surface area contributed by atoms with Gasteiger partial charge < -0.3 is 10.1 Å². The number of carbonyl (C=O) groups is 2. The highest BCUT2D eigenvalue weighted by molar-refractivity contribution is 7.92. The number of nitrogens with one attached hydrogen (secondary N) is 3. The summed E-state index contributed by atoms with van der Waals surface area (Å²) in [5, 5.41) is 5.13. The van der Waals surface area contributed by atoms with Gasteiger partial charge in [0.1, 0.15) is 0 Å². The minimum atomic E-state index is -3.78. The molecule has 0 bridgehead atoms. The van der Waals surface area contributed by atoms with E-state index in [0.717, 1.165) is 23.3 Å². The normalized spacial score (nSPS) is 11.1. The molecular weight excluding hydrogens is 438 g/mol. The van der Waals surface area contributed by atoms with Crippen molar-refractivity contribution in [3.63, 3.8) is 0 Å². The summed E-state index contributed by atoms with van der Waals surface area (Å²) in [5.41, 5.74) is 2.66. The van der Waals surface area contributed by atoms with Gasteiger partial charge >= 0.3 is 5.97 Å². The summed E-state index contributed by atoms with van der Waals surface area (Å²) in [7, 11) is -3.78. The number of sulfonamides is 1. The zero-order valence-electron chi connectivity index (χ0n) is 17.3. The third kappa shape index (κ3) is 7.19. The number of benzene rings is 2. The number of thiocarbonyl (C=S) groups is 1. The second-order valence-electron chi connectivity index (χ2n) is 6.43. The summed E-state index contributed by atoms with van der Waals surface area (Å²) in [4.78, 5) is 23.0. The van der Waals surface area contributed by atoms with Crippen molar-refractivity contribution in [3.8, 4) is 0 Å². The van der Waals surface area contributed by atoms with Crippen LogP contribution in [0.5, 0.6) is 0 Å². The van der Waals surface area contributed by atoms with Gasteiger partial charge in [0.2, 0.25) is 5.91 Å². The first-order chi connectivity index (χ1) is 14.6. The highest BCUT2D eigenvalue weighted by atomic mass is 32.2. The molecule has 31 heavy (non-hydrogen) atoms. The number of amides is 1. The molecule has 3 N–H and O–H groups in total. The van der Waals surface area contributed by atoms with Crippen LogP contribution in [-0.2, 0) is 24.3 Å². The molecule has 0 aromatic heterocycles. The van der Waals surface area contributed by atoms with Crippen LogP contribution in [0.15, 0.2) is 59.5 Å². The number of esters is 1. The first kappa shape index (κ1) is 24.0. The molecule has 10 heteroatoms. The fourth-order valence-corrected chi connectivity index (χ4v) is 3.96. The number of hydrogen-bond donors (Lipinski definition) is 3. The maximum absolute atomic E-state index is 12.7. The van der Waals surface area contributed by atoms with E-state index < -0.39 is 21.9 Å². The average molecular weight is 462 g/mol. The lowest BCUT2D eigenvalue weighted by atomic mass is 10.1. The maximum Gasteiger partial charge on any atom is 0.330 e. The second kappa shape index (κ2) is 10.7. The number of aryl methyl sites for hydroxylation is 2. The molecule has 0 saturated carbocycles. The SMILES string of the molecule is CCOC(=O)/C=C/C(=O)NC(=S)Nc1ccc(S(=O)(=O)Nc2c(C)cccc2C)cc1. The average Bonchev–Trinajstić information content (AvgIpc) is 2.70. The monoisotopic (exact) mass is 461 g/mol. The van der Waals surface area contributed by atoms with E-state index in [1.54, 1.807) is 6.92 Å². The van der Waals surface area contributed by atoms with Gasteiger partial charge in [0.15, 0.2) is 5.11 Å². The lowest BCUT2D eigenvalue weighted by Crippen LogP contribution is -2.33. The van der Waals surface area contributed by atoms with Gasteiger partial charge in [0.05, 0.1) is 17.2 Å². The number of para-hydroxylation sites is 1. The zero-order valence-corrected chi connectivity index (χ0v) is 18.9. The van der Waals surface area contributed by atoms with Crippen LogP contribution in [0.2, 0.25) is 0 Å². The van der Waals surface area contributed by atoms with E-state index in [1.807, 2.05) is 32.0 Å². The molecule has 2 aromatic rings. The van der Waals surface area contributed by atoms with E-state index in [2.05, 4.69) is 20.1 Å². The summed E-state index contributed by atoms with van der Waals surface area (Å²) in [6, 6.07) is 11.4. The Bertz CT molecular complexity index is 1090. The smallest absolute Gasteiger partial charge is 0.330 e. The van der Waals surface area contributed by atoms with Gasteiger partial charge in [0, 0.05) is 17.8 Å². The van der Waals surface area contributed by atoms with Crippen LogP contribution in [0, 0.1) is 13.8 Å². The van der Waals surface area contributed by atoms with Crippen molar-refractivity contribution in [1.82, 2.24) is 5.32 Å². The molecule has 0 heterocycles. The van der Waals surface area contributed by atoms with Crippen molar-refractivity contribution < 1.29 is 22.7 Å². The van der Waals surface area contributed by atoms with Gasteiger partial charge in [-0.15, -0.1) is 0 Å². The van der Waals surface area contributed by atoms with Gasteiger partial charge in [-0.2, -0.15) is 0 Å². The predicted octanol–water partition coefficient (Wildman–Crippen LogP) is 3.04. The molecule has 2 aromatic carbocycles. The van der Waals surface area contributed by atoms with E-state index in [9.17, 15) is 18.0 Å². The molecular formula is C21H23N3O5S2. The van der Waals surface area contributed by atoms with Gasteiger partial charge in [-0.3, -0.25) is 14.8 Å². The molecule has 1 amide bonds. The van der Waals surface area contributed by atoms with Crippen LogP contribution in [0.4, 0.5) is 11.4 Å². The molecule has 164 valence electrons. The Hall–Kier alpha value is -3.24. The van der Waals surface area contributed by atoms with E-state index >= 15 is 0 Å². The summed E-state index contributed by atoms with van der Waals surface area (Å²) in [6.07, 6.45) is 1.99. The number of carbonyl (C=O) groups excluding carboxylic acids is 2. The van der Waals surface area contributed by atoms with Crippen LogP contribution in [-0.4, -0.2) is 32.0 Å². The van der Waals surface area contributed by atoms with Crippen LogP contribution >= 0.6 is 12.2 Å². The number of rotatable bonds is 7. The maximum atomic E-state index is 12.7. The lowest BCUT2D eigenvalue weighted by Gasteiger charge is -2.14. The molecule has 0 unspecified atom stereocenters. The molecule has 8 nitrogen and oxygen atoms in total. The Morgan fingerprint density at radius 1 is 1.03 bits per heavy atom. The highest BCUT2D eigenvalue weighted by Crippen LogP contribution is 2.24. The van der Waals surface area contributed by atoms with E-state index in [1.165, 1.54) is 24.3 Å². The molecule has 0 aliphatic carbocycles. The summed E-state index contributed by atoms with van der Waals surface area (Å²) < 4.78 is 32.7. The van der Waals surface area contributed by atoms with Crippen molar-refractivity contribution in [2.45, 2.75) is 25.7 Å². The molecule has 0 atom stereocenters. The van der Waals surface area contributed by atoms with Crippen molar-refractivity contribution in [2.75, 3.05) is 16.6 Å². The Morgan fingerprint density at radius 2 is 1.65 bits per heavy atom. The van der Waals surface area contributed by atoms with Crippen molar-refractivity contribution in [2.24, 2.45) is 0 Å². The highest BCUT2D eigenvalue weighted by Gasteiger charge is 2.16. The molecule has 2 rings (SSSR count). The van der Waals surface area contributed by atoms with E-state index in [0.29, 0.717) is 11.4 Å². The fraction of sp³-hybridized carbons (Fsp3) is 0.190. The Morgan fingerprint density at radius 3 is 2.23 bits per heavy atom. The number of anilines is 2. The molecule has 0 spiro atoms. The first-order valence-electron chi connectivity index (χ1n) is 9.28. The van der Waals surface area contributed by atoms with Gasteiger partial charge in [-0.25, -0.2) is 13.2 Å². The fourth-order valence-electron chi connectivity index (χ4n) is 2.54. The van der Waals surface area contributed by atoms with Gasteiger partial charge in [0.25, 0.3) is 10.0 Å². The van der Waals surface area contributed by atoms with Crippen molar-refractivity contribution >= 4 is 50.6 Å². The molecule has 0 aliphatic heterocycles. The Kier molecular flexibility index (Phi) is 8.29. The van der Waals surface area contributed by atoms with Crippen LogP contribution < -0.4 is 15.4 Å². The first-order valence-corrected chi connectivity index (χ1v) is 11.2. The van der Waals surface area contributed by atoms with E-state index in [4.69, 9.17) is 12.2 Å². The number of ether oxygens (including phenoxy) is 1. The summed E-state index contributed by atoms with van der Waals surface area (Å²) in [6.45, 7) is 5.52. The van der Waals surface area contributed by atoms with Crippen molar-refractivity contribution in [1.29, 1.82) is 0 Å². The van der Waals surface area contributed by atoms with Crippen LogP contribution in [0.25, 0.3) is 0 Å². The van der Waals surface area contributed by atoms with Gasteiger partial charge in [-0.05, 0) is 68.4 Å². The van der Waals surface area contributed by atoms with Crippen LogP contribution in [0.1, 0.15) is 18.1 Å². The second-order valence-corrected chi connectivity index (χ2v) is 8.52. The standard InChI is InChI=1S/C21H23N3O5S2/c1-4-29-19(26)13-12-18(25)23-21(30)22-16-8-10-17(11-9-16)31(27,28)24-20-14(2)6-5-7-15(20)3/h5-13,24H,4H2,1-3H3,(H2,22,23,25,30)/b13-12+. The molecule has 0 fully saturated rings. The zero-order chi connectivity index (χ0) is 23.0. The van der Waals surface area contributed by atoms with E-state index in [-0.39, 0.29) is 16.6 Å². The topological polar surface area (TPSA) is 114 Å². The third-order valence-electron chi connectivity index (χ3n) is 4.03. The van der Waals surface area contributed by atoms with Crippen LogP contribution in [0.3, 0.4) is 0 Å². The molecule has 0 radical (unpaired) electrons. The Balaban J connectivity index is 2.00. The lowest BCUT2D eigenvalue weighted by molar-refractivity contribution is -0.137.